The number of aliphatic carboxylic acids is 1. The average Bonchev–Trinajstić information content (AvgIpc) is 3.46. The van der Waals surface area contributed by atoms with Gasteiger partial charge in [-0.05, 0) is 30.2 Å². The molecule has 0 bridgehead atoms. The monoisotopic (exact) mass is 566 g/mol. The molecule has 3 aromatic rings. The van der Waals surface area contributed by atoms with Crippen molar-refractivity contribution in [3.8, 4) is 5.75 Å². The first-order valence-electron chi connectivity index (χ1n) is 12.9. The van der Waals surface area contributed by atoms with E-state index in [1.54, 1.807) is 42.5 Å². The minimum absolute atomic E-state index is 0.00405. The molecule has 0 radical (unpaired) electrons. The van der Waals surface area contributed by atoms with Crippen LogP contribution < -0.4 is 21.7 Å². The number of hydrogen-bond donors (Lipinski definition) is 8. The predicted molar refractivity (Wildman–Crippen MR) is 147 cm³/mol. The molecule has 0 saturated carbocycles. The smallest absolute Gasteiger partial charge is 0.326 e. The molecular formula is C28H34N6O7. The van der Waals surface area contributed by atoms with Crippen LogP contribution in [0.25, 0.3) is 0 Å². The van der Waals surface area contributed by atoms with E-state index >= 15 is 0 Å². The summed E-state index contributed by atoms with van der Waals surface area (Å²) in [6.45, 7) is 1.33. The summed E-state index contributed by atoms with van der Waals surface area (Å²) in [5.41, 5.74) is 7.51. The van der Waals surface area contributed by atoms with Gasteiger partial charge in [0.25, 0.3) is 0 Å². The number of aromatic amines is 1. The summed E-state index contributed by atoms with van der Waals surface area (Å²) in [4.78, 5) is 58.2. The van der Waals surface area contributed by atoms with Crippen LogP contribution in [0.5, 0.6) is 5.75 Å². The number of nitrogens with zero attached hydrogens (tertiary/aromatic N) is 1. The van der Waals surface area contributed by atoms with Crippen LogP contribution in [0, 0.1) is 0 Å². The molecule has 0 aliphatic carbocycles. The Morgan fingerprint density at radius 3 is 1.93 bits per heavy atom. The zero-order valence-electron chi connectivity index (χ0n) is 22.4. The number of aromatic hydroxyl groups is 1. The number of benzene rings is 2. The molecular weight excluding hydrogens is 532 g/mol. The molecule has 9 N–H and O–H groups in total. The summed E-state index contributed by atoms with van der Waals surface area (Å²) in [5, 5.41) is 36.7. The summed E-state index contributed by atoms with van der Waals surface area (Å²) >= 11 is 0. The average molecular weight is 567 g/mol. The molecule has 5 atom stereocenters. The molecule has 3 amide bonds. The number of phenolic OH excluding ortho intramolecular Hbond substituents is 1. The predicted octanol–water partition coefficient (Wildman–Crippen LogP) is -0.610. The van der Waals surface area contributed by atoms with Crippen molar-refractivity contribution >= 4 is 23.7 Å². The number of amides is 3. The number of nitrogens with one attached hydrogen (secondary N) is 4. The van der Waals surface area contributed by atoms with Crippen LogP contribution in [0.2, 0.25) is 0 Å². The Balaban J connectivity index is 1.84. The Morgan fingerprint density at radius 2 is 1.37 bits per heavy atom. The Kier molecular flexibility index (Phi) is 11.0. The first kappa shape index (κ1) is 30.8. The van der Waals surface area contributed by atoms with E-state index < -0.39 is 54.0 Å². The van der Waals surface area contributed by atoms with E-state index in [0.717, 1.165) is 0 Å². The van der Waals surface area contributed by atoms with Gasteiger partial charge in [0.1, 0.15) is 29.9 Å². The van der Waals surface area contributed by atoms with Gasteiger partial charge in [-0.25, -0.2) is 9.78 Å². The summed E-state index contributed by atoms with van der Waals surface area (Å²) in [5.74, 6) is -3.55. The van der Waals surface area contributed by atoms with Crippen LogP contribution in [0.1, 0.15) is 23.7 Å². The zero-order valence-corrected chi connectivity index (χ0v) is 22.4. The molecule has 0 aliphatic heterocycles. The fraction of sp³-hybridized carbons (Fsp3) is 0.321. The third kappa shape index (κ3) is 9.44. The van der Waals surface area contributed by atoms with E-state index in [9.17, 15) is 34.5 Å². The number of carbonyl (C=O) groups is 4. The van der Waals surface area contributed by atoms with E-state index in [4.69, 9.17) is 5.73 Å². The Hall–Kier alpha value is -4.75. The third-order valence-corrected chi connectivity index (χ3v) is 6.34. The maximum Gasteiger partial charge on any atom is 0.326 e. The number of phenols is 1. The first-order valence-corrected chi connectivity index (χ1v) is 12.9. The SMILES string of the molecule is CC(O)C(N)C(=O)NC(Cc1cnc[nH]1)C(=O)NC(Cc1ccc(O)cc1)C(=O)NC(Cc1ccccc1)C(=O)O. The third-order valence-electron chi connectivity index (χ3n) is 6.34. The van der Waals surface area contributed by atoms with Gasteiger partial charge in [0.05, 0.1) is 12.4 Å². The van der Waals surface area contributed by atoms with Gasteiger partial charge in [-0.2, -0.15) is 0 Å². The van der Waals surface area contributed by atoms with Crippen LogP contribution >= 0.6 is 0 Å². The molecule has 41 heavy (non-hydrogen) atoms. The van der Waals surface area contributed by atoms with Crippen molar-refractivity contribution in [3.05, 3.63) is 83.9 Å². The lowest BCUT2D eigenvalue weighted by molar-refractivity contribution is -0.142. The topological polar surface area (TPSA) is 220 Å². The van der Waals surface area contributed by atoms with Crippen LogP contribution in [0.3, 0.4) is 0 Å². The molecule has 0 spiro atoms. The number of aliphatic hydroxyl groups is 1. The molecule has 2 aromatic carbocycles. The standard InChI is InChI=1S/C28H34N6O7/c1-16(35)24(29)27(39)33-22(13-19-14-30-15-31-19)26(38)32-21(11-18-7-9-20(36)10-8-18)25(37)34-23(28(40)41)12-17-5-3-2-4-6-17/h2-10,14-16,21-24,35-36H,11-13,29H2,1H3,(H,30,31)(H,32,38)(H,33,39)(H,34,37)(H,40,41). The molecule has 3 rings (SSSR count). The van der Waals surface area contributed by atoms with Crippen molar-refractivity contribution in [2.75, 3.05) is 0 Å². The molecule has 1 aromatic heterocycles. The second kappa shape index (κ2) is 14.6. The number of nitrogens with two attached hydrogens (primary N) is 1. The molecule has 0 fully saturated rings. The van der Waals surface area contributed by atoms with Gasteiger partial charge in [0, 0.05) is 31.2 Å². The highest BCUT2D eigenvalue weighted by Crippen LogP contribution is 2.13. The number of carboxylic acids is 1. The normalized spacial score (nSPS) is 14.6. The number of imidazole rings is 1. The molecule has 1 heterocycles. The lowest BCUT2D eigenvalue weighted by atomic mass is 10.0. The van der Waals surface area contributed by atoms with E-state index in [1.807, 2.05) is 0 Å². The van der Waals surface area contributed by atoms with E-state index in [1.165, 1.54) is 31.6 Å². The van der Waals surface area contributed by atoms with Crippen molar-refractivity contribution in [2.24, 2.45) is 5.73 Å². The quantitative estimate of drug-likeness (QED) is 0.125. The molecule has 13 heteroatoms. The minimum Gasteiger partial charge on any atom is -0.508 e. The second-order valence-corrected chi connectivity index (χ2v) is 9.63. The van der Waals surface area contributed by atoms with Gasteiger partial charge in [0.2, 0.25) is 17.7 Å². The first-order chi connectivity index (χ1) is 19.5. The number of aliphatic hydroxyl groups excluding tert-OH is 1. The van der Waals surface area contributed by atoms with E-state index in [2.05, 4.69) is 25.9 Å². The summed E-state index contributed by atoms with van der Waals surface area (Å²) < 4.78 is 0. The van der Waals surface area contributed by atoms with Gasteiger partial charge in [0.15, 0.2) is 0 Å². The van der Waals surface area contributed by atoms with Gasteiger partial charge >= 0.3 is 5.97 Å². The molecule has 0 aliphatic rings. The number of carboxylic acid groups (broad SMARTS) is 1. The fourth-order valence-electron chi connectivity index (χ4n) is 3.98. The molecule has 13 nitrogen and oxygen atoms in total. The number of aromatic nitrogens is 2. The van der Waals surface area contributed by atoms with E-state index in [-0.39, 0.29) is 25.0 Å². The lowest BCUT2D eigenvalue weighted by Gasteiger charge is -2.25. The number of H-pyrrole nitrogens is 1. The summed E-state index contributed by atoms with van der Waals surface area (Å²) in [6.07, 6.45) is 1.60. The van der Waals surface area contributed by atoms with Gasteiger partial charge < -0.3 is 42.0 Å². The van der Waals surface area contributed by atoms with E-state index in [0.29, 0.717) is 16.8 Å². The van der Waals surface area contributed by atoms with Crippen LogP contribution in [-0.2, 0) is 38.4 Å². The highest BCUT2D eigenvalue weighted by molar-refractivity contribution is 5.94. The Bertz CT molecular complexity index is 1300. The van der Waals surface area contributed by atoms with Crippen molar-refractivity contribution in [1.82, 2.24) is 25.9 Å². The van der Waals surface area contributed by atoms with Crippen molar-refractivity contribution in [1.29, 1.82) is 0 Å². The largest absolute Gasteiger partial charge is 0.508 e. The van der Waals surface area contributed by atoms with Crippen LogP contribution in [0.15, 0.2) is 67.1 Å². The zero-order chi connectivity index (χ0) is 29.9. The lowest BCUT2D eigenvalue weighted by Crippen LogP contribution is -2.59. The minimum atomic E-state index is -1.31. The maximum atomic E-state index is 13.5. The van der Waals surface area contributed by atoms with Gasteiger partial charge in [-0.3, -0.25) is 14.4 Å². The summed E-state index contributed by atoms with van der Waals surface area (Å²) in [6, 6.07) is 9.65. The van der Waals surface area contributed by atoms with Crippen molar-refractivity contribution < 1.29 is 34.5 Å². The van der Waals surface area contributed by atoms with Gasteiger partial charge in [-0.15, -0.1) is 0 Å². The summed E-state index contributed by atoms with van der Waals surface area (Å²) in [7, 11) is 0. The maximum absolute atomic E-state index is 13.5. The van der Waals surface area contributed by atoms with Gasteiger partial charge in [-0.1, -0.05) is 42.5 Å². The number of hydrogen-bond acceptors (Lipinski definition) is 8. The van der Waals surface area contributed by atoms with Crippen LogP contribution in [0.4, 0.5) is 0 Å². The fourth-order valence-corrected chi connectivity index (χ4v) is 3.98. The Labute approximate surface area is 236 Å². The highest BCUT2D eigenvalue weighted by Gasteiger charge is 2.31. The second-order valence-electron chi connectivity index (χ2n) is 9.63. The highest BCUT2D eigenvalue weighted by atomic mass is 16.4. The molecule has 0 saturated heterocycles. The number of carbonyl (C=O) groups excluding carboxylic acids is 3. The molecule has 5 unspecified atom stereocenters. The Morgan fingerprint density at radius 1 is 0.829 bits per heavy atom. The van der Waals surface area contributed by atoms with Crippen molar-refractivity contribution in [3.63, 3.8) is 0 Å². The van der Waals surface area contributed by atoms with Crippen molar-refractivity contribution in [2.45, 2.75) is 56.5 Å². The molecule has 218 valence electrons. The number of rotatable bonds is 14. The van der Waals surface area contributed by atoms with Crippen LogP contribution in [-0.4, -0.2) is 79.2 Å².